The van der Waals surface area contributed by atoms with Gasteiger partial charge in [-0.1, -0.05) is 11.6 Å². The van der Waals surface area contributed by atoms with Crippen molar-refractivity contribution >= 4 is 39.0 Å². The summed E-state index contributed by atoms with van der Waals surface area (Å²) < 4.78 is 31.6. The fourth-order valence-electron chi connectivity index (χ4n) is 1.66. The first-order valence-electron chi connectivity index (χ1n) is 5.27. The first kappa shape index (κ1) is 13.8. The summed E-state index contributed by atoms with van der Waals surface area (Å²) >= 11 is 11.3. The van der Waals surface area contributed by atoms with Crippen LogP contribution in [-0.2, 0) is 14.8 Å². The minimum absolute atomic E-state index is 0.0755. The zero-order chi connectivity index (χ0) is 13.2. The quantitative estimate of drug-likeness (QED) is 0.679. The average Bonchev–Trinajstić information content (AvgIpc) is 2.28. The standard InChI is InChI=1S/C9H11Cl2N3O3S/c10-7-5-8(13-9(11)12-7)14-18(15,16)6-1-3-17-4-2-6/h5-6H,1-4H2,(H,12,13,14). The summed E-state index contributed by atoms with van der Waals surface area (Å²) in [4.78, 5) is 7.40. The molecule has 18 heavy (non-hydrogen) atoms. The molecule has 0 unspecified atom stereocenters. The second-order valence-corrected chi connectivity index (χ2v) is 6.49. The molecule has 9 heteroatoms. The molecule has 0 bridgehead atoms. The smallest absolute Gasteiger partial charge is 0.236 e. The van der Waals surface area contributed by atoms with Crippen LogP contribution < -0.4 is 4.72 Å². The SMILES string of the molecule is O=S(=O)(Nc1cc(Cl)nc(Cl)n1)C1CCOCC1. The van der Waals surface area contributed by atoms with E-state index in [0.29, 0.717) is 26.1 Å². The van der Waals surface area contributed by atoms with Crippen LogP contribution in [-0.4, -0.2) is 36.8 Å². The van der Waals surface area contributed by atoms with E-state index in [1.165, 1.54) is 6.07 Å². The van der Waals surface area contributed by atoms with Crippen molar-refractivity contribution in [1.29, 1.82) is 0 Å². The van der Waals surface area contributed by atoms with Gasteiger partial charge in [0.1, 0.15) is 11.0 Å². The lowest BCUT2D eigenvalue weighted by atomic mass is 10.2. The second kappa shape index (κ2) is 5.56. The molecule has 1 fully saturated rings. The van der Waals surface area contributed by atoms with Crippen LogP contribution in [0.3, 0.4) is 0 Å². The van der Waals surface area contributed by atoms with E-state index in [1.807, 2.05) is 0 Å². The van der Waals surface area contributed by atoms with Gasteiger partial charge in [-0.3, -0.25) is 4.72 Å². The number of halogens is 2. The Hall–Kier alpha value is -0.630. The minimum atomic E-state index is -3.51. The Kier molecular flexibility index (Phi) is 4.26. The van der Waals surface area contributed by atoms with Crippen molar-refractivity contribution in [3.63, 3.8) is 0 Å². The van der Waals surface area contributed by atoms with Crippen molar-refractivity contribution in [1.82, 2.24) is 9.97 Å². The topological polar surface area (TPSA) is 81.2 Å². The summed E-state index contributed by atoms with van der Waals surface area (Å²) in [5.41, 5.74) is 0. The van der Waals surface area contributed by atoms with Gasteiger partial charge >= 0.3 is 0 Å². The molecule has 2 heterocycles. The van der Waals surface area contributed by atoms with Crippen LogP contribution in [0.1, 0.15) is 12.8 Å². The average molecular weight is 312 g/mol. The first-order chi connectivity index (χ1) is 8.47. The van der Waals surface area contributed by atoms with Gasteiger partial charge < -0.3 is 4.74 Å². The number of hydrogen-bond acceptors (Lipinski definition) is 5. The highest BCUT2D eigenvalue weighted by Crippen LogP contribution is 2.20. The van der Waals surface area contributed by atoms with E-state index in [4.69, 9.17) is 27.9 Å². The molecule has 1 N–H and O–H groups in total. The highest BCUT2D eigenvalue weighted by atomic mass is 35.5. The molecule has 1 aromatic rings. The van der Waals surface area contributed by atoms with Crippen LogP contribution in [0.15, 0.2) is 6.07 Å². The van der Waals surface area contributed by atoms with E-state index < -0.39 is 15.3 Å². The van der Waals surface area contributed by atoms with Crippen molar-refractivity contribution in [3.05, 3.63) is 16.5 Å². The largest absolute Gasteiger partial charge is 0.381 e. The zero-order valence-corrected chi connectivity index (χ0v) is 11.6. The monoisotopic (exact) mass is 311 g/mol. The summed E-state index contributed by atoms with van der Waals surface area (Å²) in [6, 6.07) is 1.31. The number of nitrogens with zero attached hydrogens (tertiary/aromatic N) is 2. The van der Waals surface area contributed by atoms with Gasteiger partial charge in [0.2, 0.25) is 15.3 Å². The van der Waals surface area contributed by atoms with Gasteiger partial charge in [0.25, 0.3) is 0 Å². The molecule has 1 aliphatic heterocycles. The van der Waals surface area contributed by atoms with Crippen molar-refractivity contribution in [3.8, 4) is 0 Å². The maximum absolute atomic E-state index is 12.1. The fraction of sp³-hybridized carbons (Fsp3) is 0.556. The molecular weight excluding hydrogens is 301 g/mol. The minimum Gasteiger partial charge on any atom is -0.381 e. The second-order valence-electron chi connectivity index (χ2n) is 3.80. The predicted octanol–water partition coefficient (Wildman–Crippen LogP) is 1.70. The molecule has 0 aliphatic carbocycles. The molecule has 0 atom stereocenters. The fourth-order valence-corrected chi connectivity index (χ4v) is 3.44. The molecule has 0 saturated carbocycles. The van der Waals surface area contributed by atoms with Gasteiger partial charge in [-0.2, -0.15) is 4.98 Å². The lowest BCUT2D eigenvalue weighted by Gasteiger charge is -2.22. The van der Waals surface area contributed by atoms with Gasteiger partial charge in [0.05, 0.1) is 5.25 Å². The highest BCUT2D eigenvalue weighted by molar-refractivity contribution is 7.93. The number of aromatic nitrogens is 2. The maximum Gasteiger partial charge on any atom is 0.236 e. The van der Waals surface area contributed by atoms with E-state index in [-0.39, 0.29) is 16.3 Å². The number of sulfonamides is 1. The van der Waals surface area contributed by atoms with Gasteiger partial charge in [0.15, 0.2) is 0 Å². The van der Waals surface area contributed by atoms with Gasteiger partial charge in [-0.25, -0.2) is 13.4 Å². The summed E-state index contributed by atoms with van der Waals surface area (Å²) in [6.45, 7) is 0.883. The number of hydrogen-bond donors (Lipinski definition) is 1. The third-order valence-corrected chi connectivity index (χ3v) is 4.73. The van der Waals surface area contributed by atoms with Crippen LogP contribution in [0, 0.1) is 0 Å². The van der Waals surface area contributed by atoms with E-state index in [0.717, 1.165) is 0 Å². The van der Waals surface area contributed by atoms with E-state index >= 15 is 0 Å². The number of nitrogens with one attached hydrogen (secondary N) is 1. The highest BCUT2D eigenvalue weighted by Gasteiger charge is 2.28. The maximum atomic E-state index is 12.1. The Bertz CT molecular complexity index is 512. The van der Waals surface area contributed by atoms with Crippen molar-refractivity contribution in [2.24, 2.45) is 0 Å². The van der Waals surface area contributed by atoms with Gasteiger partial charge in [0, 0.05) is 19.3 Å². The number of rotatable bonds is 3. The molecule has 1 saturated heterocycles. The third-order valence-electron chi connectivity index (χ3n) is 2.52. The van der Waals surface area contributed by atoms with E-state index in [2.05, 4.69) is 14.7 Å². The lowest BCUT2D eigenvalue weighted by Crippen LogP contribution is -2.33. The molecule has 0 amide bonds. The van der Waals surface area contributed by atoms with Crippen molar-refractivity contribution in [2.75, 3.05) is 17.9 Å². The van der Waals surface area contributed by atoms with Crippen molar-refractivity contribution in [2.45, 2.75) is 18.1 Å². The number of ether oxygens (including phenoxy) is 1. The Morgan fingerprint density at radius 3 is 2.56 bits per heavy atom. The zero-order valence-electron chi connectivity index (χ0n) is 9.27. The summed E-state index contributed by atoms with van der Waals surface area (Å²) in [7, 11) is -3.51. The summed E-state index contributed by atoms with van der Waals surface area (Å²) in [5, 5.41) is -0.509. The first-order valence-corrected chi connectivity index (χ1v) is 7.57. The third kappa shape index (κ3) is 3.44. The normalized spacial score (nSPS) is 17.7. The van der Waals surface area contributed by atoms with Gasteiger partial charge in [-0.05, 0) is 24.4 Å². The Labute approximate surface area is 115 Å². The molecule has 2 rings (SSSR count). The van der Waals surface area contributed by atoms with Crippen LogP contribution >= 0.6 is 23.2 Å². The van der Waals surface area contributed by atoms with E-state index in [1.54, 1.807) is 0 Å². The Balaban J connectivity index is 2.16. The van der Waals surface area contributed by atoms with Crippen LogP contribution in [0.4, 0.5) is 5.82 Å². The van der Waals surface area contributed by atoms with E-state index in [9.17, 15) is 8.42 Å². The molecule has 1 aliphatic rings. The van der Waals surface area contributed by atoms with Crippen molar-refractivity contribution < 1.29 is 13.2 Å². The molecule has 6 nitrogen and oxygen atoms in total. The summed E-state index contributed by atoms with van der Waals surface area (Å²) in [5.74, 6) is 0.0755. The summed E-state index contributed by atoms with van der Waals surface area (Å²) in [6.07, 6.45) is 0.920. The molecule has 0 radical (unpaired) electrons. The van der Waals surface area contributed by atoms with Crippen LogP contribution in [0.25, 0.3) is 0 Å². The number of anilines is 1. The lowest BCUT2D eigenvalue weighted by molar-refractivity contribution is 0.0984. The molecular formula is C9H11Cl2N3O3S. The van der Waals surface area contributed by atoms with Crippen LogP contribution in [0.2, 0.25) is 10.4 Å². The van der Waals surface area contributed by atoms with Gasteiger partial charge in [-0.15, -0.1) is 0 Å². The Morgan fingerprint density at radius 1 is 1.28 bits per heavy atom. The van der Waals surface area contributed by atoms with Crippen LogP contribution in [0.5, 0.6) is 0 Å². The molecule has 0 aromatic carbocycles. The molecule has 0 spiro atoms. The molecule has 1 aromatic heterocycles. The predicted molar refractivity (Wildman–Crippen MR) is 68.4 cm³/mol. The molecule has 100 valence electrons. The Morgan fingerprint density at radius 2 is 1.94 bits per heavy atom.